The number of hydrogen-bond acceptors (Lipinski definition) is 4. The number of amides is 2. The van der Waals surface area contributed by atoms with Gasteiger partial charge in [0.1, 0.15) is 5.75 Å². The van der Waals surface area contributed by atoms with Crippen molar-refractivity contribution in [2.24, 2.45) is 0 Å². The fraction of sp³-hybridized carbons (Fsp3) is 0.579. The molecular formula is C19H28F3N3O3. The number of nitrogens with zero attached hydrogens (tertiary/aromatic N) is 1. The first-order chi connectivity index (χ1) is 12.8. The Morgan fingerprint density at radius 3 is 2.36 bits per heavy atom. The summed E-state index contributed by atoms with van der Waals surface area (Å²) in [6.07, 6.45) is -3.82. The van der Waals surface area contributed by atoms with E-state index in [0.717, 1.165) is 12.1 Å². The number of carbonyl (C=O) groups is 2. The molecule has 0 bridgehead atoms. The van der Waals surface area contributed by atoms with Crippen LogP contribution in [0.25, 0.3) is 0 Å². The van der Waals surface area contributed by atoms with Gasteiger partial charge in [0.05, 0.1) is 30.9 Å². The van der Waals surface area contributed by atoms with Gasteiger partial charge in [0.15, 0.2) is 0 Å². The van der Waals surface area contributed by atoms with Crippen molar-refractivity contribution in [3.63, 3.8) is 0 Å². The maximum atomic E-state index is 13.0. The summed E-state index contributed by atoms with van der Waals surface area (Å²) in [5, 5.41) is 5.43. The number of carbonyl (C=O) groups excluding carboxylic acids is 2. The Bertz CT molecular complexity index is 685. The third-order valence-electron chi connectivity index (χ3n) is 3.52. The smallest absolute Gasteiger partial charge is 0.416 e. The molecule has 0 radical (unpaired) electrons. The molecule has 1 rings (SSSR count). The first-order valence-corrected chi connectivity index (χ1v) is 8.96. The highest BCUT2D eigenvalue weighted by atomic mass is 19.4. The van der Waals surface area contributed by atoms with E-state index >= 15 is 0 Å². The summed E-state index contributed by atoms with van der Waals surface area (Å²) in [6.45, 7) is 7.24. The molecule has 0 unspecified atom stereocenters. The van der Waals surface area contributed by atoms with E-state index in [1.54, 1.807) is 0 Å². The van der Waals surface area contributed by atoms with Crippen molar-refractivity contribution in [3.8, 4) is 5.75 Å². The van der Waals surface area contributed by atoms with Crippen LogP contribution in [-0.2, 0) is 15.8 Å². The molecule has 2 N–H and O–H groups in total. The number of hydrogen-bond donors (Lipinski definition) is 2. The molecule has 1 aromatic carbocycles. The molecule has 158 valence electrons. The number of alkyl halides is 3. The number of anilines is 1. The van der Waals surface area contributed by atoms with Crippen LogP contribution in [0.5, 0.6) is 5.75 Å². The molecule has 0 heterocycles. The Morgan fingerprint density at radius 2 is 1.82 bits per heavy atom. The van der Waals surface area contributed by atoms with Crippen LogP contribution in [0.2, 0.25) is 0 Å². The highest BCUT2D eigenvalue weighted by molar-refractivity contribution is 5.87. The lowest BCUT2D eigenvalue weighted by Gasteiger charge is -2.23. The first kappa shape index (κ1) is 23.6. The molecule has 9 heteroatoms. The Labute approximate surface area is 163 Å². The molecule has 28 heavy (non-hydrogen) atoms. The standard InChI is InChI=1S/C19H28F3N3O3/c1-6-9-28-15-8-7-13(19(20,21)22)10-14(15)23-11-17(27)25(5)12-16(26)24-18(2,3)4/h7-8,10,23H,6,9,11-12H2,1-5H3,(H,24,26). The Hall–Kier alpha value is -2.45. The maximum Gasteiger partial charge on any atom is 0.416 e. The third-order valence-corrected chi connectivity index (χ3v) is 3.52. The van der Waals surface area contributed by atoms with Gasteiger partial charge in [0.25, 0.3) is 0 Å². The van der Waals surface area contributed by atoms with Gasteiger partial charge in [-0.15, -0.1) is 0 Å². The largest absolute Gasteiger partial charge is 0.491 e. The lowest BCUT2D eigenvalue weighted by Crippen LogP contribution is -2.47. The highest BCUT2D eigenvalue weighted by Gasteiger charge is 2.31. The zero-order chi connectivity index (χ0) is 21.5. The van der Waals surface area contributed by atoms with Crippen LogP contribution in [-0.4, -0.2) is 49.0 Å². The summed E-state index contributed by atoms with van der Waals surface area (Å²) < 4.78 is 44.4. The normalized spacial score (nSPS) is 11.7. The van der Waals surface area contributed by atoms with Crippen LogP contribution in [0.15, 0.2) is 18.2 Å². The van der Waals surface area contributed by atoms with E-state index in [1.807, 2.05) is 27.7 Å². The quantitative estimate of drug-likeness (QED) is 0.699. The number of benzene rings is 1. The molecule has 0 aliphatic carbocycles. The number of likely N-dealkylation sites (N-methyl/N-ethyl adjacent to an activating group) is 1. The number of ether oxygens (including phenoxy) is 1. The Morgan fingerprint density at radius 1 is 1.18 bits per heavy atom. The SMILES string of the molecule is CCCOc1ccc(C(F)(F)F)cc1NCC(=O)N(C)CC(=O)NC(C)(C)C. The van der Waals surface area contributed by atoms with Gasteiger partial charge >= 0.3 is 6.18 Å². The van der Waals surface area contributed by atoms with Crippen LogP contribution < -0.4 is 15.4 Å². The minimum Gasteiger partial charge on any atom is -0.491 e. The second-order valence-corrected chi connectivity index (χ2v) is 7.46. The summed E-state index contributed by atoms with van der Waals surface area (Å²) in [5.41, 5.74) is -1.20. The molecule has 0 aliphatic rings. The summed E-state index contributed by atoms with van der Waals surface area (Å²) in [4.78, 5) is 25.4. The van der Waals surface area contributed by atoms with Gasteiger partial charge in [-0.1, -0.05) is 6.92 Å². The van der Waals surface area contributed by atoms with E-state index < -0.39 is 23.2 Å². The van der Waals surface area contributed by atoms with Gasteiger partial charge in [-0.3, -0.25) is 9.59 Å². The Balaban J connectivity index is 2.80. The predicted molar refractivity (Wildman–Crippen MR) is 101 cm³/mol. The van der Waals surface area contributed by atoms with Gasteiger partial charge in [-0.05, 0) is 45.4 Å². The van der Waals surface area contributed by atoms with Crippen molar-refractivity contribution in [3.05, 3.63) is 23.8 Å². The lowest BCUT2D eigenvalue weighted by atomic mass is 10.1. The lowest BCUT2D eigenvalue weighted by molar-refractivity contribution is -0.137. The molecular weight excluding hydrogens is 375 g/mol. The van der Waals surface area contributed by atoms with Gasteiger partial charge in [-0.25, -0.2) is 0 Å². The molecule has 1 aromatic rings. The monoisotopic (exact) mass is 403 g/mol. The maximum absolute atomic E-state index is 13.0. The topological polar surface area (TPSA) is 70.7 Å². The van der Waals surface area contributed by atoms with Crippen molar-refractivity contribution >= 4 is 17.5 Å². The molecule has 0 aliphatic heterocycles. The molecule has 0 atom stereocenters. The fourth-order valence-corrected chi connectivity index (χ4v) is 2.25. The number of rotatable bonds is 8. The average Bonchev–Trinajstić information content (AvgIpc) is 2.55. The fourth-order valence-electron chi connectivity index (χ4n) is 2.25. The van der Waals surface area contributed by atoms with Crippen LogP contribution in [0.4, 0.5) is 18.9 Å². The number of nitrogens with one attached hydrogen (secondary N) is 2. The summed E-state index contributed by atoms with van der Waals surface area (Å²) in [6, 6.07) is 3.07. The van der Waals surface area contributed by atoms with Crippen molar-refractivity contribution in [2.45, 2.75) is 45.8 Å². The summed E-state index contributed by atoms with van der Waals surface area (Å²) in [5.74, 6) is -0.534. The van der Waals surface area contributed by atoms with Gasteiger partial charge < -0.3 is 20.3 Å². The van der Waals surface area contributed by atoms with Crippen LogP contribution in [0, 0.1) is 0 Å². The molecule has 0 fully saturated rings. The summed E-state index contributed by atoms with van der Waals surface area (Å²) in [7, 11) is 1.45. The minimum atomic E-state index is -4.51. The molecule has 0 saturated heterocycles. The van der Waals surface area contributed by atoms with E-state index in [1.165, 1.54) is 18.0 Å². The van der Waals surface area contributed by atoms with Crippen LogP contribution in [0.3, 0.4) is 0 Å². The summed E-state index contributed by atoms with van der Waals surface area (Å²) >= 11 is 0. The minimum absolute atomic E-state index is 0.0733. The van der Waals surface area contributed by atoms with Crippen molar-refractivity contribution in [1.82, 2.24) is 10.2 Å². The highest BCUT2D eigenvalue weighted by Crippen LogP contribution is 2.35. The van der Waals surface area contributed by atoms with E-state index in [0.29, 0.717) is 13.0 Å². The van der Waals surface area contributed by atoms with Crippen molar-refractivity contribution < 1.29 is 27.5 Å². The molecule has 0 saturated carbocycles. The van der Waals surface area contributed by atoms with Gasteiger partial charge in [-0.2, -0.15) is 13.2 Å². The third kappa shape index (κ3) is 8.06. The van der Waals surface area contributed by atoms with Crippen LogP contribution in [0.1, 0.15) is 39.7 Å². The average molecular weight is 403 g/mol. The zero-order valence-corrected chi connectivity index (χ0v) is 16.9. The van der Waals surface area contributed by atoms with E-state index in [2.05, 4.69) is 10.6 Å². The van der Waals surface area contributed by atoms with E-state index in [9.17, 15) is 22.8 Å². The van der Waals surface area contributed by atoms with E-state index in [4.69, 9.17) is 4.74 Å². The zero-order valence-electron chi connectivity index (χ0n) is 16.9. The second-order valence-electron chi connectivity index (χ2n) is 7.46. The van der Waals surface area contributed by atoms with Gasteiger partial charge in [0, 0.05) is 12.6 Å². The Kier molecular flexibility index (Phi) is 8.14. The first-order valence-electron chi connectivity index (χ1n) is 8.96. The molecule has 6 nitrogen and oxygen atoms in total. The van der Waals surface area contributed by atoms with E-state index in [-0.39, 0.29) is 30.4 Å². The van der Waals surface area contributed by atoms with Crippen molar-refractivity contribution in [2.75, 3.05) is 32.1 Å². The second kappa shape index (κ2) is 9.66. The van der Waals surface area contributed by atoms with Crippen molar-refractivity contribution in [1.29, 1.82) is 0 Å². The van der Waals surface area contributed by atoms with Gasteiger partial charge in [0.2, 0.25) is 11.8 Å². The predicted octanol–water partition coefficient (Wildman–Crippen LogP) is 3.28. The van der Waals surface area contributed by atoms with Crippen LogP contribution >= 0.6 is 0 Å². The number of halogens is 3. The molecule has 2 amide bonds. The molecule has 0 spiro atoms. The molecule has 0 aromatic heterocycles.